The van der Waals surface area contributed by atoms with Crippen LogP contribution in [0.2, 0.25) is 0 Å². The molecule has 2 aromatic carbocycles. The molecule has 1 unspecified atom stereocenters. The molecule has 0 N–H and O–H groups in total. The molecule has 0 bridgehead atoms. The van der Waals surface area contributed by atoms with Gasteiger partial charge in [0, 0.05) is 6.54 Å². The Balaban J connectivity index is 1.83. The summed E-state index contributed by atoms with van der Waals surface area (Å²) in [6.45, 7) is 9.34. The summed E-state index contributed by atoms with van der Waals surface area (Å²) >= 11 is 0. The molecule has 0 fully saturated rings. The number of fused-ring (bicyclic) bond motifs is 2. The van der Waals surface area contributed by atoms with Gasteiger partial charge in [0.1, 0.15) is 5.58 Å². The summed E-state index contributed by atoms with van der Waals surface area (Å²) in [4.78, 5) is 28.6. The second-order valence-electron chi connectivity index (χ2n) is 9.02. The highest BCUT2D eigenvalue weighted by atomic mass is 16.5. The molecule has 6 heteroatoms. The van der Waals surface area contributed by atoms with E-state index < -0.39 is 6.04 Å². The molecule has 1 aromatic heterocycles. The number of hydrogen-bond acceptors (Lipinski definition) is 5. The van der Waals surface area contributed by atoms with E-state index in [0.717, 1.165) is 24.0 Å². The molecule has 1 amide bonds. The average molecular weight is 450 g/mol. The van der Waals surface area contributed by atoms with Crippen molar-refractivity contribution in [1.82, 2.24) is 4.90 Å². The van der Waals surface area contributed by atoms with Gasteiger partial charge in [-0.05, 0) is 55.5 Å². The predicted molar refractivity (Wildman–Crippen MR) is 128 cm³/mol. The van der Waals surface area contributed by atoms with Gasteiger partial charge in [0.15, 0.2) is 16.9 Å². The Morgan fingerprint density at radius 1 is 1.09 bits per heavy atom. The Bertz CT molecular complexity index is 1240. The average Bonchev–Trinajstić information content (AvgIpc) is 3.06. The van der Waals surface area contributed by atoms with Crippen molar-refractivity contribution in [3.63, 3.8) is 0 Å². The monoisotopic (exact) mass is 449 g/mol. The number of carbonyl (C=O) groups is 1. The van der Waals surface area contributed by atoms with Crippen LogP contribution in [-0.4, -0.2) is 31.1 Å². The second-order valence-corrected chi connectivity index (χ2v) is 9.02. The first kappa shape index (κ1) is 22.9. The Labute approximate surface area is 194 Å². The predicted octanol–water partition coefficient (Wildman–Crippen LogP) is 5.49. The minimum atomic E-state index is -0.535. The van der Waals surface area contributed by atoms with Gasteiger partial charge in [0.05, 0.1) is 30.7 Å². The molecular formula is C27H31NO5. The van der Waals surface area contributed by atoms with Crippen molar-refractivity contribution in [2.45, 2.75) is 46.6 Å². The van der Waals surface area contributed by atoms with Crippen LogP contribution in [-0.2, 0) is 0 Å². The van der Waals surface area contributed by atoms with Crippen molar-refractivity contribution in [1.29, 1.82) is 0 Å². The first-order valence-electron chi connectivity index (χ1n) is 11.5. The summed E-state index contributed by atoms with van der Waals surface area (Å²) in [6.07, 6.45) is 1.70. The number of ether oxygens (including phenoxy) is 2. The van der Waals surface area contributed by atoms with Crippen LogP contribution in [0, 0.1) is 12.8 Å². The van der Waals surface area contributed by atoms with Gasteiger partial charge in [0.2, 0.25) is 5.76 Å². The largest absolute Gasteiger partial charge is 0.493 e. The first-order chi connectivity index (χ1) is 15.8. The topological polar surface area (TPSA) is 69.0 Å². The molecule has 33 heavy (non-hydrogen) atoms. The molecule has 0 radical (unpaired) electrons. The maximum absolute atomic E-state index is 13.6. The number of hydrogen-bond donors (Lipinski definition) is 0. The maximum atomic E-state index is 13.6. The lowest BCUT2D eigenvalue weighted by atomic mass is 9.97. The van der Waals surface area contributed by atoms with Crippen LogP contribution in [0.1, 0.15) is 66.9 Å². The standard InChI is InChI=1S/C27H31NO5/c1-6-12-28-24(18-8-10-21(22(15-18)31-5)32-13-11-16(2)3)23-25(29)19-14-17(4)7-9-20(19)33-26(23)27(28)30/h7-10,14-16,24H,6,11-13H2,1-5H3. The van der Waals surface area contributed by atoms with Gasteiger partial charge in [-0.15, -0.1) is 0 Å². The lowest BCUT2D eigenvalue weighted by molar-refractivity contribution is 0.0728. The molecule has 1 atom stereocenters. The molecule has 0 saturated heterocycles. The molecule has 1 aliphatic rings. The minimum Gasteiger partial charge on any atom is -0.493 e. The summed E-state index contributed by atoms with van der Waals surface area (Å²) in [5.74, 6) is 1.64. The SMILES string of the molecule is CCCN1C(=O)c2oc3ccc(C)cc3c(=O)c2C1c1ccc(OCCC(C)C)c(OC)c1. The van der Waals surface area contributed by atoms with Crippen LogP contribution >= 0.6 is 0 Å². The molecule has 1 aliphatic heterocycles. The lowest BCUT2D eigenvalue weighted by Crippen LogP contribution is -2.30. The Hall–Kier alpha value is -3.28. The van der Waals surface area contributed by atoms with Gasteiger partial charge in [-0.2, -0.15) is 0 Å². The Morgan fingerprint density at radius 2 is 1.88 bits per heavy atom. The Kier molecular flexibility index (Phi) is 6.45. The molecule has 3 aromatic rings. The molecule has 0 aliphatic carbocycles. The van der Waals surface area contributed by atoms with Gasteiger partial charge >= 0.3 is 0 Å². The lowest BCUT2D eigenvalue weighted by Gasteiger charge is -2.25. The highest BCUT2D eigenvalue weighted by Crippen LogP contribution is 2.41. The number of benzene rings is 2. The number of nitrogens with zero attached hydrogens (tertiary/aromatic N) is 1. The van der Waals surface area contributed by atoms with Gasteiger partial charge in [-0.3, -0.25) is 9.59 Å². The molecule has 174 valence electrons. The van der Waals surface area contributed by atoms with Crippen LogP contribution < -0.4 is 14.9 Å². The van der Waals surface area contributed by atoms with Gasteiger partial charge in [-0.1, -0.05) is 38.5 Å². The van der Waals surface area contributed by atoms with Crippen molar-refractivity contribution in [2.24, 2.45) is 5.92 Å². The smallest absolute Gasteiger partial charge is 0.290 e. The van der Waals surface area contributed by atoms with Crippen LogP contribution in [0.15, 0.2) is 45.6 Å². The zero-order chi connectivity index (χ0) is 23.7. The molecular weight excluding hydrogens is 418 g/mol. The second kappa shape index (κ2) is 9.30. The van der Waals surface area contributed by atoms with Crippen LogP contribution in [0.4, 0.5) is 0 Å². The molecule has 0 saturated carbocycles. The zero-order valence-corrected chi connectivity index (χ0v) is 19.9. The summed E-state index contributed by atoms with van der Waals surface area (Å²) in [5, 5.41) is 0.491. The van der Waals surface area contributed by atoms with Crippen LogP contribution in [0.5, 0.6) is 11.5 Å². The fraction of sp³-hybridized carbons (Fsp3) is 0.407. The summed E-state index contributed by atoms with van der Waals surface area (Å²) in [6, 6.07) is 10.5. The normalized spacial score (nSPS) is 15.4. The van der Waals surface area contributed by atoms with E-state index in [-0.39, 0.29) is 17.1 Å². The quantitative estimate of drug-likeness (QED) is 0.455. The van der Waals surface area contributed by atoms with E-state index in [1.54, 1.807) is 18.1 Å². The number of methoxy groups -OCH3 is 1. The van der Waals surface area contributed by atoms with Gasteiger partial charge < -0.3 is 18.8 Å². The van der Waals surface area contributed by atoms with E-state index in [2.05, 4.69) is 13.8 Å². The third kappa shape index (κ3) is 4.22. The third-order valence-corrected chi connectivity index (χ3v) is 6.04. The molecule has 4 rings (SSSR count). The highest BCUT2D eigenvalue weighted by Gasteiger charge is 2.42. The van der Waals surface area contributed by atoms with E-state index >= 15 is 0 Å². The number of aryl methyl sites for hydroxylation is 1. The van der Waals surface area contributed by atoms with E-state index in [1.807, 2.05) is 44.2 Å². The van der Waals surface area contributed by atoms with E-state index in [1.165, 1.54) is 0 Å². The van der Waals surface area contributed by atoms with Crippen molar-refractivity contribution in [3.05, 3.63) is 69.1 Å². The summed E-state index contributed by atoms with van der Waals surface area (Å²) < 4.78 is 17.5. The van der Waals surface area contributed by atoms with E-state index in [0.29, 0.717) is 47.1 Å². The zero-order valence-electron chi connectivity index (χ0n) is 19.9. The van der Waals surface area contributed by atoms with Gasteiger partial charge in [-0.25, -0.2) is 0 Å². The first-order valence-corrected chi connectivity index (χ1v) is 11.5. The van der Waals surface area contributed by atoms with Crippen LogP contribution in [0.25, 0.3) is 11.0 Å². The highest BCUT2D eigenvalue weighted by molar-refractivity contribution is 5.99. The fourth-order valence-corrected chi connectivity index (χ4v) is 4.33. The summed E-state index contributed by atoms with van der Waals surface area (Å²) in [5.41, 5.74) is 2.42. The Morgan fingerprint density at radius 3 is 2.58 bits per heavy atom. The number of carbonyl (C=O) groups excluding carboxylic acids is 1. The number of amides is 1. The summed E-state index contributed by atoms with van der Waals surface area (Å²) in [7, 11) is 1.59. The van der Waals surface area contributed by atoms with Crippen molar-refractivity contribution in [2.75, 3.05) is 20.3 Å². The van der Waals surface area contributed by atoms with Crippen molar-refractivity contribution in [3.8, 4) is 11.5 Å². The van der Waals surface area contributed by atoms with Crippen molar-refractivity contribution >= 4 is 16.9 Å². The van der Waals surface area contributed by atoms with E-state index in [4.69, 9.17) is 13.9 Å². The maximum Gasteiger partial charge on any atom is 0.290 e. The molecule has 6 nitrogen and oxygen atoms in total. The van der Waals surface area contributed by atoms with Crippen molar-refractivity contribution < 1.29 is 18.7 Å². The third-order valence-electron chi connectivity index (χ3n) is 6.04. The minimum absolute atomic E-state index is 0.131. The molecule has 2 heterocycles. The van der Waals surface area contributed by atoms with Crippen LogP contribution in [0.3, 0.4) is 0 Å². The molecule has 0 spiro atoms. The van der Waals surface area contributed by atoms with E-state index in [9.17, 15) is 9.59 Å². The fourth-order valence-electron chi connectivity index (χ4n) is 4.33. The van der Waals surface area contributed by atoms with Gasteiger partial charge in [0.25, 0.3) is 5.91 Å². The number of rotatable bonds is 8.